The highest BCUT2D eigenvalue weighted by atomic mass is 32.1. The number of thiazole rings is 1. The van der Waals surface area contributed by atoms with E-state index in [4.69, 9.17) is 0 Å². The Bertz CT molecular complexity index is 2170. The molecule has 1 aromatic heterocycles. The van der Waals surface area contributed by atoms with E-state index in [9.17, 15) is 33.5 Å². The zero-order valence-electron chi connectivity index (χ0n) is 28.2. The van der Waals surface area contributed by atoms with Crippen LogP contribution in [-0.2, 0) is 34.0 Å². The van der Waals surface area contributed by atoms with Crippen LogP contribution in [0.1, 0.15) is 61.9 Å². The number of piperazine rings is 1. The summed E-state index contributed by atoms with van der Waals surface area (Å²) in [7, 11) is 0. The number of carbonyl (C=O) groups is 5. The first kappa shape index (κ1) is 34.4. The van der Waals surface area contributed by atoms with Crippen molar-refractivity contribution in [2.75, 3.05) is 36.4 Å². The molecule has 8 rings (SSSR count). The predicted octanol–water partition coefficient (Wildman–Crippen LogP) is 3.55. The average molecular weight is 742 g/mol. The Balaban J connectivity index is 0.936. The van der Waals surface area contributed by atoms with Crippen LogP contribution < -0.4 is 15.5 Å². The van der Waals surface area contributed by atoms with Gasteiger partial charge in [-0.25, -0.2) is 13.8 Å². The van der Waals surface area contributed by atoms with E-state index in [1.807, 2.05) is 12.1 Å². The Morgan fingerprint density at radius 1 is 0.981 bits per heavy atom. The molecule has 0 saturated carbocycles. The van der Waals surface area contributed by atoms with Crippen molar-refractivity contribution in [2.24, 2.45) is 0 Å². The number of aromatic nitrogens is 1. The Morgan fingerprint density at radius 2 is 1.79 bits per heavy atom. The molecule has 13 nitrogen and oxygen atoms in total. The topological polar surface area (TPSA) is 155 Å². The number of nitrogens with zero attached hydrogens (tertiary/aromatic N) is 5. The zero-order valence-corrected chi connectivity index (χ0v) is 29.0. The lowest BCUT2D eigenvalue weighted by atomic mass is 10.0. The van der Waals surface area contributed by atoms with Crippen LogP contribution in [0.15, 0.2) is 60.1 Å². The van der Waals surface area contributed by atoms with Crippen LogP contribution in [-0.4, -0.2) is 86.5 Å². The summed E-state index contributed by atoms with van der Waals surface area (Å²) in [6.07, 6.45) is 1.83. The molecule has 0 radical (unpaired) electrons. The SMILES string of the molecule is O=C1CCC(N2Cc3cc(CN4CCN(c5ccc6c(c5)C(=O)N(C(C(=O)Nc5nccs5)c5cc(F)ccc5O)C6)CC4)cc(F)c3C2=O)C(=O)N1. The minimum Gasteiger partial charge on any atom is -0.508 e. The van der Waals surface area contributed by atoms with Crippen LogP contribution >= 0.6 is 11.3 Å². The summed E-state index contributed by atoms with van der Waals surface area (Å²) < 4.78 is 29.7. The highest BCUT2D eigenvalue weighted by Crippen LogP contribution is 2.38. The molecule has 3 N–H and O–H groups in total. The molecular weight excluding hydrogens is 709 g/mol. The van der Waals surface area contributed by atoms with Gasteiger partial charge in [0.25, 0.3) is 17.7 Å². The first-order chi connectivity index (χ1) is 25.5. The van der Waals surface area contributed by atoms with Gasteiger partial charge in [-0.1, -0.05) is 12.1 Å². The first-order valence-electron chi connectivity index (χ1n) is 17.1. The Labute approximate surface area is 305 Å². The second kappa shape index (κ2) is 13.7. The third-order valence-electron chi connectivity index (χ3n) is 10.2. The third kappa shape index (κ3) is 6.48. The van der Waals surface area contributed by atoms with Crippen molar-refractivity contribution in [1.29, 1.82) is 0 Å². The van der Waals surface area contributed by atoms with E-state index in [1.54, 1.807) is 17.5 Å². The molecule has 2 unspecified atom stereocenters. The summed E-state index contributed by atoms with van der Waals surface area (Å²) in [5, 5.41) is 17.6. The molecule has 4 aromatic rings. The number of fused-ring (bicyclic) bond motifs is 2. The number of hydrogen-bond acceptors (Lipinski definition) is 10. The fraction of sp³-hybridized carbons (Fsp3) is 0.297. The Morgan fingerprint density at radius 3 is 2.55 bits per heavy atom. The summed E-state index contributed by atoms with van der Waals surface area (Å²) in [5.74, 6) is -4.18. The molecule has 53 heavy (non-hydrogen) atoms. The van der Waals surface area contributed by atoms with Gasteiger partial charge in [0.1, 0.15) is 29.5 Å². The number of aromatic hydroxyl groups is 1. The number of halogens is 2. The van der Waals surface area contributed by atoms with E-state index in [-0.39, 0.29) is 48.7 Å². The number of rotatable bonds is 8. The molecule has 2 fully saturated rings. The Kier molecular flexibility index (Phi) is 8.86. The number of imide groups is 1. The second-order valence-electron chi connectivity index (χ2n) is 13.5. The lowest BCUT2D eigenvalue weighted by Gasteiger charge is -2.36. The maximum atomic E-state index is 15.3. The number of carbonyl (C=O) groups excluding carboxylic acids is 5. The molecule has 2 atom stereocenters. The number of nitrogens with one attached hydrogen (secondary N) is 2. The lowest BCUT2D eigenvalue weighted by Crippen LogP contribution is -2.52. The predicted molar refractivity (Wildman–Crippen MR) is 188 cm³/mol. The van der Waals surface area contributed by atoms with Crippen LogP contribution in [0, 0.1) is 11.6 Å². The van der Waals surface area contributed by atoms with Gasteiger partial charge < -0.3 is 19.8 Å². The fourth-order valence-corrected chi connectivity index (χ4v) is 8.14. The highest BCUT2D eigenvalue weighted by Gasteiger charge is 2.42. The van der Waals surface area contributed by atoms with E-state index in [0.717, 1.165) is 23.9 Å². The molecule has 16 heteroatoms. The number of phenolic OH excluding ortho intramolecular Hbond substituents is 1. The minimum absolute atomic E-state index is 0.0350. The summed E-state index contributed by atoms with van der Waals surface area (Å²) >= 11 is 1.19. The standard InChI is InChI=1S/C37H33F2N7O6S/c38-23-2-5-29(47)26(15-23)32(34(50)42-37-40-7-12-53-37)46-18-21-1-3-24(16-25(21)35(46)51)44-10-8-43(9-11-44)17-20-13-22-19-45(36(52)31(22)27(39)14-20)28-4-6-30(48)41-33(28)49/h1-3,5,7,12-16,28,32,47H,4,6,8-11,17-19H2,(H,40,42,50)(H,41,48,49). The summed E-state index contributed by atoms with van der Waals surface area (Å²) in [5.41, 5.74) is 3.04. The van der Waals surface area contributed by atoms with Crippen LogP contribution in [0.3, 0.4) is 0 Å². The molecule has 0 aliphatic carbocycles. The monoisotopic (exact) mass is 741 g/mol. The minimum atomic E-state index is -1.33. The molecule has 5 heterocycles. The van der Waals surface area contributed by atoms with Gasteiger partial charge in [0, 0.05) is 80.6 Å². The van der Waals surface area contributed by atoms with Gasteiger partial charge in [0.2, 0.25) is 11.8 Å². The van der Waals surface area contributed by atoms with Gasteiger partial charge >= 0.3 is 0 Å². The number of anilines is 2. The largest absolute Gasteiger partial charge is 0.508 e. The smallest absolute Gasteiger partial charge is 0.258 e. The molecule has 4 aliphatic rings. The lowest BCUT2D eigenvalue weighted by molar-refractivity contribution is -0.137. The molecular formula is C37H33F2N7O6S. The van der Waals surface area contributed by atoms with E-state index in [1.165, 1.54) is 33.4 Å². The number of amides is 5. The molecule has 272 valence electrons. The van der Waals surface area contributed by atoms with Gasteiger partial charge in [-0.15, -0.1) is 11.3 Å². The van der Waals surface area contributed by atoms with Crippen LogP contribution in [0.2, 0.25) is 0 Å². The normalized spacial score (nSPS) is 19.4. The van der Waals surface area contributed by atoms with Crippen molar-refractivity contribution >= 4 is 51.7 Å². The number of piperidine rings is 1. The highest BCUT2D eigenvalue weighted by molar-refractivity contribution is 7.13. The molecule has 4 aliphatic heterocycles. The van der Waals surface area contributed by atoms with Crippen molar-refractivity contribution < 1.29 is 37.9 Å². The Hall–Kier alpha value is -5.74. The number of benzene rings is 3. The summed E-state index contributed by atoms with van der Waals surface area (Å²) in [4.78, 5) is 75.6. The van der Waals surface area contributed by atoms with Crippen molar-refractivity contribution in [1.82, 2.24) is 25.0 Å². The zero-order chi connectivity index (χ0) is 37.0. The van der Waals surface area contributed by atoms with Crippen LogP contribution in [0.4, 0.5) is 19.6 Å². The number of phenols is 1. The summed E-state index contributed by atoms with van der Waals surface area (Å²) in [6, 6.07) is 9.83. The van der Waals surface area contributed by atoms with Crippen molar-refractivity contribution in [2.45, 2.75) is 44.6 Å². The molecule has 0 bridgehead atoms. The van der Waals surface area contributed by atoms with Gasteiger partial charge in [0.15, 0.2) is 5.13 Å². The maximum absolute atomic E-state index is 15.3. The number of hydrogen-bond donors (Lipinski definition) is 3. The first-order valence-corrected chi connectivity index (χ1v) is 18.0. The maximum Gasteiger partial charge on any atom is 0.258 e. The van der Waals surface area contributed by atoms with Crippen molar-refractivity contribution in [3.05, 3.63) is 105 Å². The van der Waals surface area contributed by atoms with Gasteiger partial charge in [-0.2, -0.15) is 0 Å². The van der Waals surface area contributed by atoms with Gasteiger partial charge in [0.05, 0.1) is 5.56 Å². The van der Waals surface area contributed by atoms with Gasteiger partial charge in [-0.05, 0) is 59.5 Å². The summed E-state index contributed by atoms with van der Waals surface area (Å²) in [6.45, 7) is 3.10. The van der Waals surface area contributed by atoms with E-state index in [0.29, 0.717) is 60.1 Å². The fourth-order valence-electron chi connectivity index (χ4n) is 7.60. The van der Waals surface area contributed by atoms with E-state index in [2.05, 4.69) is 25.4 Å². The quantitative estimate of drug-likeness (QED) is 0.230. The average Bonchev–Trinajstić information content (AvgIpc) is 3.85. The van der Waals surface area contributed by atoms with E-state index < -0.39 is 47.3 Å². The van der Waals surface area contributed by atoms with Gasteiger partial charge in [-0.3, -0.25) is 39.5 Å². The van der Waals surface area contributed by atoms with Crippen molar-refractivity contribution in [3.8, 4) is 5.75 Å². The van der Waals surface area contributed by atoms with Crippen LogP contribution in [0.25, 0.3) is 0 Å². The molecule has 0 spiro atoms. The van der Waals surface area contributed by atoms with E-state index >= 15 is 4.39 Å². The van der Waals surface area contributed by atoms with Crippen molar-refractivity contribution in [3.63, 3.8) is 0 Å². The molecule has 3 aromatic carbocycles. The van der Waals surface area contributed by atoms with Crippen LogP contribution in [0.5, 0.6) is 5.75 Å². The molecule has 5 amide bonds. The molecule has 2 saturated heterocycles. The third-order valence-corrected chi connectivity index (χ3v) is 10.9. The second-order valence-corrected chi connectivity index (χ2v) is 14.4.